The van der Waals surface area contributed by atoms with Crippen LogP contribution >= 0.6 is 0 Å². The van der Waals surface area contributed by atoms with Gasteiger partial charge in [0.2, 0.25) is 0 Å². The Hall–Kier alpha value is -9.80. The molecule has 0 amide bonds. The third kappa shape index (κ3) is 16.8. The van der Waals surface area contributed by atoms with Gasteiger partial charge in [0.05, 0.1) is 0 Å². The summed E-state index contributed by atoms with van der Waals surface area (Å²) in [6.45, 7) is 52.9. The van der Waals surface area contributed by atoms with Crippen LogP contribution in [0, 0.1) is 0 Å². The summed E-state index contributed by atoms with van der Waals surface area (Å²) in [6, 6.07) is 46.9. The Morgan fingerprint density at radius 3 is 0.518 bits per heavy atom. The van der Waals surface area contributed by atoms with Gasteiger partial charge >= 0.3 is 0 Å². The molecule has 586 valence electrons. The van der Waals surface area contributed by atoms with Crippen molar-refractivity contribution in [2.75, 3.05) is 0 Å². The molecule has 0 fully saturated rings. The number of fused-ring (bicyclic) bond motifs is 16. The van der Waals surface area contributed by atoms with Gasteiger partial charge in [-0.3, -0.25) is 0 Å². The third-order valence-corrected chi connectivity index (χ3v) is 23.7. The number of rotatable bonds is 6. The summed E-state index contributed by atoms with van der Waals surface area (Å²) >= 11 is 0. The maximum atomic E-state index is 12.8. The first-order valence-electron chi connectivity index (χ1n) is 40.3. The lowest BCUT2D eigenvalue weighted by atomic mass is 9.78. The Morgan fingerprint density at radius 1 is 0.223 bits per heavy atom. The van der Waals surface area contributed by atoms with Gasteiger partial charge in [-0.05, 0) is 188 Å². The van der Waals surface area contributed by atoms with Crippen LogP contribution < -0.4 is 0 Å². The van der Waals surface area contributed by atoms with E-state index in [0.717, 1.165) is 156 Å². The molecule has 112 heavy (non-hydrogen) atoms. The summed E-state index contributed by atoms with van der Waals surface area (Å²) in [5, 5.41) is 85.5. The molecule has 11 aromatic rings. The molecule has 10 heteroatoms. The quantitative estimate of drug-likeness (QED) is 0.0941. The Balaban J connectivity index is 0.883. The molecule has 13 rings (SSSR count). The summed E-state index contributed by atoms with van der Waals surface area (Å²) in [7, 11) is 0. The molecule has 0 radical (unpaired) electrons. The highest BCUT2D eigenvalue weighted by Crippen LogP contribution is 2.47. The lowest BCUT2D eigenvalue weighted by Crippen LogP contribution is -2.16. The van der Waals surface area contributed by atoms with E-state index in [9.17, 15) is 30.6 Å². The van der Waals surface area contributed by atoms with Crippen LogP contribution in [0.3, 0.4) is 0 Å². The fourth-order valence-corrected chi connectivity index (χ4v) is 16.2. The molecule has 0 aliphatic heterocycles. The average molecular weight is 1500 g/mol. The topological polar surface area (TPSA) is 173 Å². The summed E-state index contributed by atoms with van der Waals surface area (Å²) in [5.41, 5.74) is 25.0. The molecule has 0 spiro atoms. The molecule has 0 unspecified atom stereocenters. The maximum absolute atomic E-state index is 12.8. The first kappa shape index (κ1) is 80.3. The van der Waals surface area contributed by atoms with E-state index in [1.165, 1.54) is 0 Å². The Morgan fingerprint density at radius 2 is 0.366 bits per heavy atom. The molecule has 9 aromatic carbocycles. The average Bonchev–Trinajstić information content (AvgIpc) is 0.902. The minimum absolute atomic E-state index is 0.178. The van der Waals surface area contributed by atoms with Crippen molar-refractivity contribution in [3.05, 3.63) is 290 Å². The van der Waals surface area contributed by atoms with E-state index in [1.54, 1.807) is 0 Å². The zero-order chi connectivity index (χ0) is 81.4. The lowest BCUT2D eigenvalue weighted by molar-refractivity contribution is 0.391. The number of nitrogens with zero attached hydrogens (tertiary/aromatic N) is 2. The molecule has 0 saturated heterocycles. The second kappa shape index (κ2) is 28.7. The molecule has 2 aliphatic carbocycles. The zero-order valence-corrected chi connectivity index (χ0v) is 71.2. The van der Waals surface area contributed by atoms with E-state index in [-0.39, 0.29) is 77.8 Å². The van der Waals surface area contributed by atoms with Crippen molar-refractivity contribution in [2.24, 2.45) is 0 Å². The van der Waals surface area contributed by atoms with Crippen molar-refractivity contribution < 1.29 is 39.7 Å². The zero-order valence-electron chi connectivity index (χ0n) is 71.2. The van der Waals surface area contributed by atoms with Crippen molar-refractivity contribution in [3.8, 4) is 57.0 Å². The highest BCUT2D eigenvalue weighted by atomic mass is 16.5. The number of hydrogen-bond acceptors (Lipinski definition) is 10. The third-order valence-electron chi connectivity index (χ3n) is 23.7. The van der Waals surface area contributed by atoms with Crippen LogP contribution in [0.5, 0.6) is 34.5 Å². The van der Waals surface area contributed by atoms with Crippen molar-refractivity contribution in [1.82, 2.24) is 10.3 Å². The number of aromatic hydroxyl groups is 6. The van der Waals surface area contributed by atoms with Gasteiger partial charge in [0.25, 0.3) is 0 Å². The van der Waals surface area contributed by atoms with E-state index in [0.29, 0.717) is 87.1 Å². The van der Waals surface area contributed by atoms with Gasteiger partial charge in [-0.2, -0.15) is 0 Å². The summed E-state index contributed by atoms with van der Waals surface area (Å²) in [6.07, 6.45) is 3.59. The van der Waals surface area contributed by atoms with Crippen molar-refractivity contribution in [2.45, 2.75) is 274 Å². The van der Waals surface area contributed by atoms with Gasteiger partial charge < -0.3 is 39.7 Å². The molecule has 6 N–H and O–H groups in total. The van der Waals surface area contributed by atoms with Gasteiger partial charge in [-0.25, -0.2) is 0 Å². The molecule has 10 nitrogen and oxygen atoms in total. The van der Waals surface area contributed by atoms with Gasteiger partial charge in [-0.1, -0.05) is 298 Å². The SMILES string of the molecule is CC(C)(C)c1cc2c(O)c(c1)Cc1cc(C(C)(C)C)cc(c1O)Cc1cc(C(C)(C)C)cc(c1Cc1cc(-c3ccc(-c4cc(Cc5c6cc(C(C)(C)C)cc5Cc5cc(C(C)(C)C)cc(c5O)Cc5cc(C(C)(C)C)cc(c5O)Cc5cc(C(C)(C)C)cc(c5O)C6)on4)cc3)no1)Cc1cc(C(C)(C)C)cc(c1O)C2. The second-order valence-electron chi connectivity index (χ2n) is 41.1. The highest BCUT2D eigenvalue weighted by Gasteiger charge is 2.33. The van der Waals surface area contributed by atoms with Crippen LogP contribution in [-0.2, 0) is 108 Å². The minimum Gasteiger partial charge on any atom is -0.507 e. The van der Waals surface area contributed by atoms with E-state index in [4.69, 9.17) is 19.4 Å². The standard InChI is InChI=1S/C102H120N2O8/c1-95(2,3)75-37-59-29-63-41-77(97(7,8)9)45-67(89(63)105)33-71-49-81(101(19,20)21)50-72(93(71)109)34-68-46-78(98(10,11)12)42-64(90(68)106)30-60(38-75)85(59)53-83-55-87(103-111-83)57-25-27-58(28-26-57)88-56-84(112-104-88)54-86-61-31-65-43-79(99(13,14)15)47-69(91(65)107)35-73-51-82(102(22,23)24)52-74(94(73)110)36-70-48-80(100(16,17)18)44-66(92(70)108)32-62(86)40-76(39-61)96(4,5)6/h25-28,37-52,55-56,105-110H,29-36,53-54H2,1-24H3. The van der Waals surface area contributed by atoms with Gasteiger partial charge in [0, 0.05) is 87.5 Å². The van der Waals surface area contributed by atoms with Gasteiger partial charge in [0.15, 0.2) is 0 Å². The lowest BCUT2D eigenvalue weighted by Gasteiger charge is -2.27. The normalized spacial score (nSPS) is 14.1. The molecule has 0 atom stereocenters. The van der Waals surface area contributed by atoms with E-state index >= 15 is 0 Å². The number of aromatic nitrogens is 2. The first-order chi connectivity index (χ1) is 51.9. The molecular weight excluding hydrogens is 1380 g/mol. The summed E-state index contributed by atoms with van der Waals surface area (Å²) in [5.74, 6) is 2.53. The van der Waals surface area contributed by atoms with Crippen molar-refractivity contribution in [1.29, 1.82) is 0 Å². The van der Waals surface area contributed by atoms with Crippen LogP contribution in [0.25, 0.3) is 22.5 Å². The largest absolute Gasteiger partial charge is 0.507 e. The minimum atomic E-state index is -0.270. The molecule has 2 heterocycles. The molecule has 16 bridgehead atoms. The number of phenols is 6. The molecule has 0 saturated carbocycles. The number of benzene rings is 9. The fourth-order valence-electron chi connectivity index (χ4n) is 16.2. The van der Waals surface area contributed by atoms with Crippen molar-refractivity contribution >= 4 is 0 Å². The fraction of sp³-hybridized carbons (Fsp3) is 0.412. The Bertz CT molecular complexity index is 4900. The maximum Gasteiger partial charge on any atom is 0.141 e. The number of phenolic OH excluding ortho intramolecular Hbond substituents is 6. The molecule has 2 aliphatic rings. The summed E-state index contributed by atoms with van der Waals surface area (Å²) in [4.78, 5) is 0. The summed E-state index contributed by atoms with van der Waals surface area (Å²) < 4.78 is 12.9. The Labute approximate surface area is 666 Å². The highest BCUT2D eigenvalue weighted by molar-refractivity contribution is 5.68. The van der Waals surface area contributed by atoms with E-state index < -0.39 is 0 Å². The van der Waals surface area contributed by atoms with E-state index in [1.807, 2.05) is 36.4 Å². The predicted molar refractivity (Wildman–Crippen MR) is 457 cm³/mol. The molecule has 2 aromatic heterocycles. The smallest absolute Gasteiger partial charge is 0.141 e. The van der Waals surface area contributed by atoms with Crippen LogP contribution in [0.4, 0.5) is 0 Å². The van der Waals surface area contributed by atoms with Gasteiger partial charge in [0.1, 0.15) is 57.4 Å². The van der Waals surface area contributed by atoms with Crippen LogP contribution in [0.15, 0.2) is 143 Å². The van der Waals surface area contributed by atoms with Crippen molar-refractivity contribution in [3.63, 3.8) is 0 Å². The predicted octanol–water partition coefficient (Wildman–Crippen LogP) is 24.1. The van der Waals surface area contributed by atoms with Crippen LogP contribution in [0.1, 0.15) is 322 Å². The first-order valence-corrected chi connectivity index (χ1v) is 40.3. The van der Waals surface area contributed by atoms with Gasteiger partial charge in [-0.15, -0.1) is 0 Å². The Kier molecular flexibility index (Phi) is 20.6. The second-order valence-corrected chi connectivity index (χ2v) is 41.1. The van der Waals surface area contributed by atoms with Crippen LogP contribution in [-0.4, -0.2) is 41.0 Å². The number of hydrogen-bond donors (Lipinski definition) is 6. The van der Waals surface area contributed by atoms with E-state index in [2.05, 4.69) is 263 Å². The molecular formula is C102H120N2O8. The van der Waals surface area contributed by atoms with Crippen LogP contribution in [0.2, 0.25) is 0 Å². The monoisotopic (exact) mass is 1500 g/mol.